The Morgan fingerprint density at radius 1 is 1.08 bits per heavy atom. The van der Waals surface area contributed by atoms with E-state index in [1.807, 2.05) is 0 Å². The van der Waals surface area contributed by atoms with Crippen molar-refractivity contribution in [3.8, 4) is 5.75 Å². The van der Waals surface area contributed by atoms with Crippen LogP contribution < -0.4 is 4.74 Å². The number of aromatic nitrogens is 1. The number of hydrogen-bond donors (Lipinski definition) is 0. The molecule has 3 rings (SSSR count). The molecule has 2 aromatic rings. The molecule has 1 aromatic heterocycles. The van der Waals surface area contributed by atoms with Gasteiger partial charge in [-0.25, -0.2) is 0 Å². The number of imide groups is 1. The van der Waals surface area contributed by atoms with Crippen molar-refractivity contribution in [1.29, 1.82) is 0 Å². The number of halogens is 1. The fourth-order valence-corrected chi connectivity index (χ4v) is 2.87. The number of pyridine rings is 1. The van der Waals surface area contributed by atoms with Crippen LogP contribution in [0.3, 0.4) is 0 Å². The highest BCUT2D eigenvalue weighted by Gasteiger charge is 2.38. The van der Waals surface area contributed by atoms with Crippen molar-refractivity contribution in [3.63, 3.8) is 0 Å². The van der Waals surface area contributed by atoms with Crippen LogP contribution in [0.25, 0.3) is 5.57 Å². The lowest BCUT2D eigenvalue weighted by molar-refractivity contribution is -0.137. The van der Waals surface area contributed by atoms with Crippen LogP contribution in [0.15, 0.2) is 53.7 Å². The number of hydrogen-bond acceptors (Lipinski definition) is 4. The predicted molar refractivity (Wildman–Crippen MR) is 99.3 cm³/mol. The van der Waals surface area contributed by atoms with E-state index in [0.29, 0.717) is 29.5 Å². The quantitative estimate of drug-likeness (QED) is 0.728. The van der Waals surface area contributed by atoms with E-state index in [4.69, 9.17) is 16.3 Å². The summed E-state index contributed by atoms with van der Waals surface area (Å²) in [5.41, 5.74) is 1.43. The highest BCUT2D eigenvalue weighted by Crippen LogP contribution is 2.33. The van der Waals surface area contributed by atoms with E-state index >= 15 is 0 Å². The van der Waals surface area contributed by atoms with Gasteiger partial charge in [0.15, 0.2) is 0 Å². The van der Waals surface area contributed by atoms with Gasteiger partial charge >= 0.3 is 0 Å². The molecule has 0 bridgehead atoms. The first kappa shape index (κ1) is 18.1. The molecule has 0 unspecified atom stereocenters. The molecular weight excluding hydrogens is 352 g/mol. The second-order valence-electron chi connectivity index (χ2n) is 6.44. The SMILES string of the molecule is CC(C)COc1ccc(C2=C(Cl)C(=O)N(Cc3ccccn3)C2=O)cc1. The normalized spacial score (nSPS) is 14.5. The summed E-state index contributed by atoms with van der Waals surface area (Å²) in [4.78, 5) is 30.4. The molecule has 0 N–H and O–H groups in total. The zero-order chi connectivity index (χ0) is 18.7. The zero-order valence-corrected chi connectivity index (χ0v) is 15.4. The monoisotopic (exact) mass is 370 g/mol. The van der Waals surface area contributed by atoms with Crippen molar-refractivity contribution in [2.75, 3.05) is 6.61 Å². The Labute approximate surface area is 157 Å². The Balaban J connectivity index is 1.79. The summed E-state index contributed by atoms with van der Waals surface area (Å²) in [7, 11) is 0. The fraction of sp³-hybridized carbons (Fsp3) is 0.250. The largest absolute Gasteiger partial charge is 0.493 e. The molecule has 134 valence electrons. The number of carbonyl (C=O) groups is 2. The Bertz CT molecular complexity index is 845. The fourth-order valence-electron chi connectivity index (χ4n) is 2.57. The Morgan fingerprint density at radius 3 is 2.42 bits per heavy atom. The van der Waals surface area contributed by atoms with E-state index in [0.717, 1.165) is 4.90 Å². The van der Waals surface area contributed by atoms with Crippen LogP contribution in [0, 0.1) is 5.92 Å². The van der Waals surface area contributed by atoms with E-state index < -0.39 is 11.8 Å². The zero-order valence-electron chi connectivity index (χ0n) is 14.6. The van der Waals surface area contributed by atoms with Gasteiger partial charge in [-0.3, -0.25) is 19.5 Å². The van der Waals surface area contributed by atoms with Crippen LogP contribution in [0.1, 0.15) is 25.1 Å². The van der Waals surface area contributed by atoms with Gasteiger partial charge < -0.3 is 4.74 Å². The summed E-state index contributed by atoms with van der Waals surface area (Å²) >= 11 is 6.18. The van der Waals surface area contributed by atoms with Crippen molar-refractivity contribution < 1.29 is 14.3 Å². The molecule has 2 heterocycles. The van der Waals surface area contributed by atoms with Gasteiger partial charge in [-0.2, -0.15) is 0 Å². The Morgan fingerprint density at radius 2 is 1.81 bits per heavy atom. The molecule has 0 fully saturated rings. The minimum absolute atomic E-state index is 0.0678. The van der Waals surface area contributed by atoms with Crippen LogP contribution in [-0.4, -0.2) is 28.3 Å². The van der Waals surface area contributed by atoms with Crippen LogP contribution in [0.2, 0.25) is 0 Å². The van der Waals surface area contributed by atoms with E-state index in [9.17, 15) is 9.59 Å². The number of nitrogens with zero attached hydrogens (tertiary/aromatic N) is 2. The number of rotatable bonds is 6. The third-order valence-corrected chi connectivity index (χ3v) is 4.23. The first-order valence-corrected chi connectivity index (χ1v) is 8.74. The summed E-state index contributed by atoms with van der Waals surface area (Å²) in [5.74, 6) is 0.209. The van der Waals surface area contributed by atoms with Gasteiger partial charge in [0.05, 0.1) is 24.4 Å². The summed E-state index contributed by atoms with van der Waals surface area (Å²) in [6.45, 7) is 4.84. The molecule has 0 spiro atoms. The van der Waals surface area contributed by atoms with Crippen molar-refractivity contribution >= 4 is 29.0 Å². The van der Waals surface area contributed by atoms with Crippen LogP contribution >= 0.6 is 11.6 Å². The van der Waals surface area contributed by atoms with Gasteiger partial charge in [-0.1, -0.05) is 43.6 Å². The van der Waals surface area contributed by atoms with E-state index in [-0.39, 0.29) is 17.2 Å². The third-order valence-electron chi connectivity index (χ3n) is 3.88. The van der Waals surface area contributed by atoms with Gasteiger partial charge in [0.1, 0.15) is 10.8 Å². The summed E-state index contributed by atoms with van der Waals surface area (Å²) in [6, 6.07) is 12.4. The summed E-state index contributed by atoms with van der Waals surface area (Å²) in [6.07, 6.45) is 1.62. The highest BCUT2D eigenvalue weighted by atomic mass is 35.5. The topological polar surface area (TPSA) is 59.5 Å². The van der Waals surface area contributed by atoms with Gasteiger partial charge in [0.25, 0.3) is 11.8 Å². The molecule has 1 aliphatic rings. The molecule has 0 saturated heterocycles. The molecule has 6 heteroatoms. The van der Waals surface area contributed by atoms with E-state index in [1.54, 1.807) is 48.7 Å². The van der Waals surface area contributed by atoms with Crippen LogP contribution in [-0.2, 0) is 16.1 Å². The molecule has 0 atom stereocenters. The summed E-state index contributed by atoms with van der Waals surface area (Å²) < 4.78 is 5.64. The van der Waals surface area contributed by atoms with E-state index in [1.165, 1.54) is 0 Å². The molecule has 1 aromatic carbocycles. The van der Waals surface area contributed by atoms with Gasteiger partial charge in [0, 0.05) is 6.20 Å². The predicted octanol–water partition coefficient (Wildman–Crippen LogP) is 3.64. The van der Waals surface area contributed by atoms with Gasteiger partial charge in [-0.15, -0.1) is 0 Å². The van der Waals surface area contributed by atoms with Crippen molar-refractivity contribution in [2.45, 2.75) is 20.4 Å². The maximum absolute atomic E-state index is 12.7. The van der Waals surface area contributed by atoms with Gasteiger partial charge in [-0.05, 0) is 35.7 Å². The van der Waals surface area contributed by atoms with Crippen molar-refractivity contribution in [3.05, 3.63) is 65.0 Å². The molecule has 0 saturated carbocycles. The lowest BCUT2D eigenvalue weighted by Gasteiger charge is -2.14. The number of ether oxygens (including phenoxy) is 1. The van der Waals surface area contributed by atoms with Crippen LogP contribution in [0.5, 0.6) is 5.75 Å². The molecular formula is C20H19ClN2O3. The maximum Gasteiger partial charge on any atom is 0.273 e. The Hall–Kier alpha value is -2.66. The van der Waals surface area contributed by atoms with Crippen molar-refractivity contribution in [2.24, 2.45) is 5.92 Å². The average Bonchev–Trinajstić information content (AvgIpc) is 2.85. The molecule has 1 aliphatic heterocycles. The summed E-state index contributed by atoms with van der Waals surface area (Å²) in [5, 5.41) is -0.0678. The first-order valence-electron chi connectivity index (χ1n) is 8.36. The number of benzene rings is 1. The molecule has 5 nitrogen and oxygen atoms in total. The molecule has 0 aliphatic carbocycles. The number of amides is 2. The smallest absolute Gasteiger partial charge is 0.273 e. The highest BCUT2D eigenvalue weighted by molar-refractivity contribution is 6.55. The maximum atomic E-state index is 12.7. The van der Waals surface area contributed by atoms with Gasteiger partial charge in [0.2, 0.25) is 0 Å². The Kier molecular flexibility index (Phi) is 5.38. The average molecular weight is 371 g/mol. The minimum Gasteiger partial charge on any atom is -0.493 e. The van der Waals surface area contributed by atoms with Crippen LogP contribution in [0.4, 0.5) is 0 Å². The molecule has 26 heavy (non-hydrogen) atoms. The lowest BCUT2D eigenvalue weighted by Crippen LogP contribution is -2.31. The number of carbonyl (C=O) groups excluding carboxylic acids is 2. The lowest BCUT2D eigenvalue weighted by atomic mass is 10.1. The molecule has 0 radical (unpaired) electrons. The molecule has 2 amide bonds. The van der Waals surface area contributed by atoms with E-state index in [2.05, 4.69) is 18.8 Å². The first-order chi connectivity index (χ1) is 12.5. The third kappa shape index (κ3) is 3.78. The minimum atomic E-state index is -0.502. The standard InChI is InChI=1S/C20H19ClN2O3/c1-13(2)12-26-16-8-6-14(7-9-16)17-18(21)20(25)23(19(17)24)11-15-5-3-4-10-22-15/h3-10,13H,11-12H2,1-2H3. The second-order valence-corrected chi connectivity index (χ2v) is 6.81. The van der Waals surface area contributed by atoms with Crippen molar-refractivity contribution in [1.82, 2.24) is 9.88 Å². The second kappa shape index (κ2) is 7.70.